The van der Waals surface area contributed by atoms with Gasteiger partial charge in [0.1, 0.15) is 11.6 Å². The molecule has 5 nitrogen and oxygen atoms in total. The van der Waals surface area contributed by atoms with Crippen molar-refractivity contribution in [3.8, 4) is 0 Å². The molecular formula is C23H30F2N2O3. The van der Waals surface area contributed by atoms with Crippen LogP contribution < -0.4 is 5.32 Å². The highest BCUT2D eigenvalue weighted by Crippen LogP contribution is 2.32. The van der Waals surface area contributed by atoms with Crippen molar-refractivity contribution in [3.05, 3.63) is 29.3 Å². The van der Waals surface area contributed by atoms with Gasteiger partial charge >= 0.3 is 0 Å². The van der Waals surface area contributed by atoms with Gasteiger partial charge in [-0.1, -0.05) is 19.3 Å². The van der Waals surface area contributed by atoms with Crippen molar-refractivity contribution in [1.82, 2.24) is 4.90 Å². The zero-order valence-corrected chi connectivity index (χ0v) is 17.3. The molecule has 1 aliphatic heterocycles. The predicted octanol–water partition coefficient (Wildman–Crippen LogP) is 4.51. The van der Waals surface area contributed by atoms with Gasteiger partial charge in [0.2, 0.25) is 5.91 Å². The second-order valence-electron chi connectivity index (χ2n) is 8.92. The number of rotatable bonds is 7. The normalized spacial score (nSPS) is 22.1. The summed E-state index contributed by atoms with van der Waals surface area (Å²) in [6.07, 6.45) is 8.53. The minimum Gasteiger partial charge on any atom is -0.376 e. The molecule has 0 aromatic heterocycles. The van der Waals surface area contributed by atoms with E-state index in [-0.39, 0.29) is 29.2 Å². The number of benzene rings is 1. The molecule has 164 valence electrons. The summed E-state index contributed by atoms with van der Waals surface area (Å²) in [5.74, 6) is -2.21. The fourth-order valence-corrected chi connectivity index (χ4v) is 4.47. The first-order valence-corrected chi connectivity index (χ1v) is 11.2. The summed E-state index contributed by atoms with van der Waals surface area (Å²) in [5, 5.41) is 2.59. The lowest BCUT2D eigenvalue weighted by Gasteiger charge is -2.26. The fraction of sp³-hybridized carbons (Fsp3) is 0.652. The maximum absolute atomic E-state index is 14.6. The van der Waals surface area contributed by atoms with Crippen LogP contribution in [0.5, 0.6) is 0 Å². The summed E-state index contributed by atoms with van der Waals surface area (Å²) in [7, 11) is 0. The molecule has 2 aliphatic carbocycles. The molecule has 1 N–H and O–H groups in total. The van der Waals surface area contributed by atoms with E-state index < -0.39 is 17.5 Å². The number of amides is 2. The number of ether oxygens (including phenoxy) is 1. The number of nitrogens with one attached hydrogen (secondary N) is 1. The quantitative estimate of drug-likeness (QED) is 0.706. The van der Waals surface area contributed by atoms with Gasteiger partial charge in [-0.15, -0.1) is 0 Å². The van der Waals surface area contributed by atoms with Crippen LogP contribution in [0, 0.1) is 23.5 Å². The summed E-state index contributed by atoms with van der Waals surface area (Å²) in [6, 6.07) is 1.86. The Hall–Kier alpha value is -2.02. The van der Waals surface area contributed by atoms with Gasteiger partial charge in [-0.05, 0) is 50.5 Å². The second kappa shape index (κ2) is 9.41. The minimum absolute atomic E-state index is 0.0401. The van der Waals surface area contributed by atoms with E-state index in [2.05, 4.69) is 5.32 Å². The standard InChI is InChI=1S/C23H30F2N2O3/c24-19-12-20(25)21(26-22(28)16-5-2-1-3-6-16)11-18(19)23(29)27(13-15-8-9-15)14-17-7-4-10-30-17/h11-12,15-17H,1-10,13-14H2,(H,26,28). The van der Waals surface area contributed by atoms with Crippen molar-refractivity contribution in [2.45, 2.75) is 63.9 Å². The van der Waals surface area contributed by atoms with Gasteiger partial charge in [0.05, 0.1) is 17.4 Å². The highest BCUT2D eigenvalue weighted by atomic mass is 19.1. The molecule has 3 aliphatic rings. The SMILES string of the molecule is O=C(Nc1cc(C(=O)N(CC2CC2)CC2CCCO2)c(F)cc1F)C1CCCCC1. The molecule has 2 amide bonds. The Kier molecular flexibility index (Phi) is 6.66. The molecule has 2 saturated carbocycles. The topological polar surface area (TPSA) is 58.6 Å². The van der Waals surface area contributed by atoms with Crippen molar-refractivity contribution in [2.75, 3.05) is 25.0 Å². The number of carbonyl (C=O) groups excluding carboxylic acids is 2. The van der Waals surface area contributed by atoms with Crippen LogP contribution in [0.15, 0.2) is 12.1 Å². The summed E-state index contributed by atoms with van der Waals surface area (Å²) < 4.78 is 34.6. The number of anilines is 1. The first-order chi connectivity index (χ1) is 14.5. The molecule has 1 saturated heterocycles. The van der Waals surface area contributed by atoms with Crippen molar-refractivity contribution in [1.29, 1.82) is 0 Å². The number of nitrogens with zero attached hydrogens (tertiary/aromatic N) is 1. The van der Waals surface area contributed by atoms with Crippen molar-refractivity contribution in [3.63, 3.8) is 0 Å². The lowest BCUT2D eigenvalue weighted by molar-refractivity contribution is -0.120. The Morgan fingerprint density at radius 1 is 0.967 bits per heavy atom. The van der Waals surface area contributed by atoms with Gasteiger partial charge in [0, 0.05) is 31.7 Å². The van der Waals surface area contributed by atoms with E-state index >= 15 is 0 Å². The number of hydrogen-bond acceptors (Lipinski definition) is 3. The van der Waals surface area contributed by atoms with Crippen LogP contribution in [-0.4, -0.2) is 42.5 Å². The van der Waals surface area contributed by atoms with Crippen LogP contribution in [0.4, 0.5) is 14.5 Å². The molecule has 1 atom stereocenters. The Bertz CT molecular complexity index is 785. The maximum Gasteiger partial charge on any atom is 0.257 e. The van der Waals surface area contributed by atoms with Gasteiger partial charge in [-0.3, -0.25) is 9.59 Å². The first kappa shape index (κ1) is 21.2. The molecule has 0 radical (unpaired) electrons. The molecule has 0 spiro atoms. The van der Waals surface area contributed by atoms with Crippen molar-refractivity contribution in [2.24, 2.45) is 11.8 Å². The van der Waals surface area contributed by atoms with Gasteiger partial charge in [-0.2, -0.15) is 0 Å². The van der Waals surface area contributed by atoms with E-state index in [1.54, 1.807) is 4.90 Å². The van der Waals surface area contributed by atoms with Crippen LogP contribution in [0.3, 0.4) is 0 Å². The fourth-order valence-electron chi connectivity index (χ4n) is 4.47. The van der Waals surface area contributed by atoms with E-state index in [1.807, 2.05) is 0 Å². The van der Waals surface area contributed by atoms with Crippen LogP contribution in [0.1, 0.15) is 68.1 Å². The molecule has 4 rings (SSSR count). The Balaban J connectivity index is 1.51. The summed E-state index contributed by atoms with van der Waals surface area (Å²) >= 11 is 0. The largest absolute Gasteiger partial charge is 0.376 e. The van der Waals surface area contributed by atoms with Crippen LogP contribution in [0.25, 0.3) is 0 Å². The summed E-state index contributed by atoms with van der Waals surface area (Å²) in [6.45, 7) is 1.65. The molecule has 1 aromatic carbocycles. The third-order valence-corrected chi connectivity index (χ3v) is 6.43. The monoisotopic (exact) mass is 420 g/mol. The molecule has 0 bridgehead atoms. The van der Waals surface area contributed by atoms with E-state index in [0.717, 1.165) is 63.9 Å². The maximum atomic E-state index is 14.6. The third-order valence-electron chi connectivity index (χ3n) is 6.43. The van der Waals surface area contributed by atoms with Crippen molar-refractivity contribution >= 4 is 17.5 Å². The third kappa shape index (κ3) is 5.17. The smallest absolute Gasteiger partial charge is 0.257 e. The van der Waals surface area contributed by atoms with E-state index in [0.29, 0.717) is 31.7 Å². The highest BCUT2D eigenvalue weighted by Gasteiger charge is 2.32. The van der Waals surface area contributed by atoms with Crippen LogP contribution in [0.2, 0.25) is 0 Å². The van der Waals surface area contributed by atoms with Gasteiger partial charge in [0.15, 0.2) is 0 Å². The minimum atomic E-state index is -0.902. The zero-order valence-electron chi connectivity index (χ0n) is 17.3. The van der Waals surface area contributed by atoms with Gasteiger partial charge in [-0.25, -0.2) is 8.78 Å². The van der Waals surface area contributed by atoms with Crippen LogP contribution >= 0.6 is 0 Å². The highest BCUT2D eigenvalue weighted by molar-refractivity contribution is 5.98. The van der Waals surface area contributed by atoms with E-state index in [1.165, 1.54) is 0 Å². The molecule has 1 heterocycles. The molecular weight excluding hydrogens is 390 g/mol. The summed E-state index contributed by atoms with van der Waals surface area (Å²) in [4.78, 5) is 27.3. The summed E-state index contributed by atoms with van der Waals surface area (Å²) in [5.41, 5.74) is -0.326. The Morgan fingerprint density at radius 2 is 1.73 bits per heavy atom. The van der Waals surface area contributed by atoms with Gasteiger partial charge < -0.3 is 15.0 Å². The molecule has 30 heavy (non-hydrogen) atoms. The molecule has 1 aromatic rings. The Morgan fingerprint density at radius 3 is 2.40 bits per heavy atom. The van der Waals surface area contributed by atoms with E-state index in [4.69, 9.17) is 4.74 Å². The average molecular weight is 421 g/mol. The lowest BCUT2D eigenvalue weighted by Crippen LogP contribution is -2.39. The van der Waals surface area contributed by atoms with E-state index in [9.17, 15) is 18.4 Å². The lowest BCUT2D eigenvalue weighted by atomic mass is 9.88. The Labute approximate surface area is 176 Å². The number of hydrogen-bond donors (Lipinski definition) is 1. The van der Waals surface area contributed by atoms with Crippen molar-refractivity contribution < 1.29 is 23.1 Å². The number of carbonyl (C=O) groups is 2. The average Bonchev–Trinajstić information content (AvgIpc) is 3.41. The zero-order chi connectivity index (χ0) is 21.1. The first-order valence-electron chi connectivity index (χ1n) is 11.2. The second-order valence-corrected chi connectivity index (χ2v) is 8.92. The molecule has 7 heteroatoms. The van der Waals surface area contributed by atoms with Gasteiger partial charge in [0.25, 0.3) is 5.91 Å². The van der Waals surface area contributed by atoms with Crippen LogP contribution in [-0.2, 0) is 9.53 Å². The molecule has 3 fully saturated rings. The predicted molar refractivity (Wildman–Crippen MR) is 109 cm³/mol. The number of halogens is 2. The molecule has 1 unspecified atom stereocenters.